The largest absolute Gasteiger partial charge is 0.393 e. The van der Waals surface area contributed by atoms with Crippen molar-refractivity contribution < 1.29 is 4.84 Å². The number of thioether (sulfide) groups is 1. The van der Waals surface area contributed by atoms with Gasteiger partial charge in [-0.2, -0.15) is 0 Å². The molecule has 0 saturated carbocycles. The van der Waals surface area contributed by atoms with Gasteiger partial charge in [-0.3, -0.25) is 4.98 Å². The predicted molar refractivity (Wildman–Crippen MR) is 67.0 cm³/mol. The zero-order valence-electron chi connectivity index (χ0n) is 10.1. The van der Waals surface area contributed by atoms with Gasteiger partial charge in [0.2, 0.25) is 0 Å². The van der Waals surface area contributed by atoms with Crippen molar-refractivity contribution in [3.8, 4) is 0 Å². The van der Waals surface area contributed by atoms with E-state index in [9.17, 15) is 0 Å². The second kappa shape index (κ2) is 6.48. The zero-order valence-corrected chi connectivity index (χ0v) is 10.9. The van der Waals surface area contributed by atoms with Crippen LogP contribution in [0.1, 0.15) is 32.2 Å². The summed E-state index contributed by atoms with van der Waals surface area (Å²) < 4.78 is 0. The number of aryl methyl sites for hydroxylation is 1. The second-order valence-electron chi connectivity index (χ2n) is 3.51. The first-order chi connectivity index (χ1) is 7.63. The Labute approximate surface area is 101 Å². The first-order valence-corrected chi connectivity index (χ1v) is 6.27. The average molecular weight is 239 g/mol. The van der Waals surface area contributed by atoms with Crippen LogP contribution in [-0.2, 0) is 4.84 Å². The minimum atomic E-state index is 0.0825. The Morgan fingerprint density at radius 3 is 2.94 bits per heavy atom. The van der Waals surface area contributed by atoms with Gasteiger partial charge in [-0.1, -0.05) is 12.1 Å². The Balaban J connectivity index is 2.74. The van der Waals surface area contributed by atoms with Crippen LogP contribution in [0.3, 0.4) is 0 Å². The molecule has 0 aromatic carbocycles. The number of rotatable bonds is 5. The minimum absolute atomic E-state index is 0.0825. The zero-order chi connectivity index (χ0) is 12.0. The molecule has 4 nitrogen and oxygen atoms in total. The summed E-state index contributed by atoms with van der Waals surface area (Å²) in [6.07, 6.45) is 3.37. The molecule has 0 aliphatic carbocycles. The van der Waals surface area contributed by atoms with Gasteiger partial charge in [-0.05, 0) is 26.5 Å². The van der Waals surface area contributed by atoms with Gasteiger partial charge >= 0.3 is 0 Å². The smallest absolute Gasteiger partial charge is 0.122 e. The van der Waals surface area contributed by atoms with Crippen molar-refractivity contribution in [2.45, 2.75) is 38.8 Å². The SMILES string of the molecule is CCSc1nc(/C=N/OC(C)C)cnc1C. The highest BCUT2D eigenvalue weighted by Gasteiger charge is 2.02. The van der Waals surface area contributed by atoms with E-state index in [-0.39, 0.29) is 6.10 Å². The van der Waals surface area contributed by atoms with Crippen molar-refractivity contribution in [3.05, 3.63) is 17.6 Å². The monoisotopic (exact) mass is 239 g/mol. The Morgan fingerprint density at radius 1 is 1.56 bits per heavy atom. The van der Waals surface area contributed by atoms with E-state index in [2.05, 4.69) is 22.0 Å². The molecule has 0 bridgehead atoms. The van der Waals surface area contributed by atoms with Gasteiger partial charge in [0.15, 0.2) is 0 Å². The van der Waals surface area contributed by atoms with E-state index >= 15 is 0 Å². The lowest BCUT2D eigenvalue weighted by molar-refractivity contribution is 0.0873. The van der Waals surface area contributed by atoms with Crippen LogP contribution in [0.5, 0.6) is 0 Å². The van der Waals surface area contributed by atoms with Crippen LogP contribution in [0.4, 0.5) is 0 Å². The van der Waals surface area contributed by atoms with Crippen LogP contribution in [-0.4, -0.2) is 28.0 Å². The molecule has 5 heteroatoms. The minimum Gasteiger partial charge on any atom is -0.393 e. The number of hydrogen-bond donors (Lipinski definition) is 0. The molecule has 0 unspecified atom stereocenters. The van der Waals surface area contributed by atoms with E-state index in [0.717, 1.165) is 22.2 Å². The second-order valence-corrected chi connectivity index (χ2v) is 4.76. The van der Waals surface area contributed by atoms with Crippen molar-refractivity contribution in [3.63, 3.8) is 0 Å². The van der Waals surface area contributed by atoms with Gasteiger partial charge < -0.3 is 4.84 Å². The Hall–Kier alpha value is -1.10. The lowest BCUT2D eigenvalue weighted by Gasteiger charge is -2.03. The summed E-state index contributed by atoms with van der Waals surface area (Å²) in [5.41, 5.74) is 1.68. The summed E-state index contributed by atoms with van der Waals surface area (Å²) in [4.78, 5) is 13.8. The van der Waals surface area contributed by atoms with Crippen LogP contribution in [0.25, 0.3) is 0 Å². The van der Waals surface area contributed by atoms with E-state index in [1.54, 1.807) is 24.2 Å². The molecule has 0 atom stereocenters. The van der Waals surface area contributed by atoms with Crippen molar-refractivity contribution in [2.24, 2.45) is 5.16 Å². The molecule has 0 radical (unpaired) electrons. The Kier molecular flexibility index (Phi) is 5.25. The van der Waals surface area contributed by atoms with E-state index in [4.69, 9.17) is 4.84 Å². The van der Waals surface area contributed by atoms with Crippen LogP contribution in [0, 0.1) is 6.92 Å². The molecule has 1 heterocycles. The first kappa shape index (κ1) is 13.0. The van der Waals surface area contributed by atoms with Crippen molar-refractivity contribution >= 4 is 18.0 Å². The molecule has 16 heavy (non-hydrogen) atoms. The molecular weight excluding hydrogens is 222 g/mol. The lowest BCUT2D eigenvalue weighted by Crippen LogP contribution is -1.99. The number of aromatic nitrogens is 2. The molecule has 0 aliphatic rings. The summed E-state index contributed by atoms with van der Waals surface area (Å²) in [6, 6.07) is 0. The highest BCUT2D eigenvalue weighted by atomic mass is 32.2. The summed E-state index contributed by atoms with van der Waals surface area (Å²) in [5, 5.41) is 4.79. The van der Waals surface area contributed by atoms with Gasteiger partial charge in [0, 0.05) is 0 Å². The number of hydrogen-bond acceptors (Lipinski definition) is 5. The van der Waals surface area contributed by atoms with Gasteiger partial charge in [-0.15, -0.1) is 11.8 Å². The number of oxime groups is 1. The standard InChI is InChI=1S/C11H17N3OS/c1-5-16-11-9(4)12-6-10(14-11)7-13-15-8(2)3/h6-8H,5H2,1-4H3/b13-7+. The highest BCUT2D eigenvalue weighted by Crippen LogP contribution is 2.17. The van der Waals surface area contributed by atoms with Crippen molar-refractivity contribution in [2.75, 3.05) is 5.75 Å². The van der Waals surface area contributed by atoms with Crippen LogP contribution in [0.2, 0.25) is 0 Å². The summed E-state index contributed by atoms with van der Waals surface area (Å²) in [5.74, 6) is 0.985. The lowest BCUT2D eigenvalue weighted by atomic mass is 10.4. The maximum atomic E-state index is 5.07. The van der Waals surface area contributed by atoms with Crippen molar-refractivity contribution in [1.82, 2.24) is 9.97 Å². The summed E-state index contributed by atoms with van der Waals surface area (Å²) in [6.45, 7) is 7.90. The van der Waals surface area contributed by atoms with Crippen molar-refractivity contribution in [1.29, 1.82) is 0 Å². The molecular formula is C11H17N3OS. The molecule has 1 rings (SSSR count). The normalized spacial score (nSPS) is 11.3. The fraction of sp³-hybridized carbons (Fsp3) is 0.545. The fourth-order valence-corrected chi connectivity index (χ4v) is 1.69. The highest BCUT2D eigenvalue weighted by molar-refractivity contribution is 7.99. The summed E-state index contributed by atoms with van der Waals surface area (Å²) in [7, 11) is 0. The molecule has 0 fully saturated rings. The van der Waals surface area contributed by atoms with E-state index in [0.29, 0.717) is 0 Å². The molecule has 0 spiro atoms. The van der Waals surface area contributed by atoms with E-state index in [1.807, 2.05) is 20.8 Å². The van der Waals surface area contributed by atoms with Gasteiger partial charge in [0.1, 0.15) is 16.8 Å². The van der Waals surface area contributed by atoms with Gasteiger partial charge in [-0.25, -0.2) is 4.98 Å². The third kappa shape index (κ3) is 4.18. The topological polar surface area (TPSA) is 47.4 Å². The van der Waals surface area contributed by atoms with Crippen LogP contribution < -0.4 is 0 Å². The quantitative estimate of drug-likeness (QED) is 0.450. The molecule has 0 amide bonds. The average Bonchev–Trinajstić information content (AvgIpc) is 2.22. The fourth-order valence-electron chi connectivity index (χ4n) is 0.987. The van der Waals surface area contributed by atoms with E-state index in [1.165, 1.54) is 0 Å². The maximum absolute atomic E-state index is 5.07. The molecule has 0 saturated heterocycles. The third-order valence-corrected chi connectivity index (χ3v) is 2.62. The molecule has 1 aromatic rings. The van der Waals surface area contributed by atoms with Crippen LogP contribution in [0.15, 0.2) is 16.4 Å². The molecule has 1 aromatic heterocycles. The Bertz CT molecular complexity index is 366. The summed E-state index contributed by atoms with van der Waals surface area (Å²) >= 11 is 1.68. The predicted octanol–water partition coefficient (Wildman–Crippen LogP) is 2.66. The van der Waals surface area contributed by atoms with Gasteiger partial charge in [0.05, 0.1) is 18.1 Å². The molecule has 0 N–H and O–H groups in total. The molecule has 0 aliphatic heterocycles. The van der Waals surface area contributed by atoms with Gasteiger partial charge in [0.25, 0.3) is 0 Å². The van der Waals surface area contributed by atoms with Crippen LogP contribution >= 0.6 is 11.8 Å². The molecule has 88 valence electrons. The maximum Gasteiger partial charge on any atom is 0.122 e. The third-order valence-electron chi connectivity index (χ3n) is 1.67. The Morgan fingerprint density at radius 2 is 2.31 bits per heavy atom. The first-order valence-electron chi connectivity index (χ1n) is 5.29. The van der Waals surface area contributed by atoms with E-state index < -0.39 is 0 Å². The number of nitrogens with zero attached hydrogens (tertiary/aromatic N) is 3.